The number of nitrogens with zero attached hydrogens (tertiary/aromatic N) is 5. The molecule has 5 nitrogen and oxygen atoms in total. The summed E-state index contributed by atoms with van der Waals surface area (Å²) in [6, 6.07) is 83.9. The summed E-state index contributed by atoms with van der Waals surface area (Å²) in [6.45, 7) is 2.03. The van der Waals surface area contributed by atoms with E-state index >= 15 is 0 Å². The molecule has 0 fully saturated rings. The predicted octanol–water partition coefficient (Wildman–Crippen LogP) is 15.8. The quantitative estimate of drug-likeness (QED) is 0.138. The number of aromatic nitrogens is 3. The number of pyridine rings is 2. The normalized spacial score (nSPS) is 11.2. The zero-order valence-electron chi connectivity index (χ0n) is 35.3. The molecule has 0 aliphatic heterocycles. The molecule has 0 unspecified atom stereocenters. The Morgan fingerprint density at radius 2 is 0.828 bits per heavy atom. The van der Waals surface area contributed by atoms with Crippen LogP contribution in [-0.4, -0.2) is 14.5 Å². The highest BCUT2D eigenvalue weighted by molar-refractivity contribution is 6.13. The lowest BCUT2D eigenvalue weighted by Gasteiger charge is -2.26. The summed E-state index contributed by atoms with van der Waals surface area (Å²) in [5.41, 5.74) is 16.8. The highest BCUT2D eigenvalue weighted by atomic mass is 15.1. The van der Waals surface area contributed by atoms with Gasteiger partial charge < -0.3 is 14.4 Å². The van der Waals surface area contributed by atoms with Gasteiger partial charge in [0.15, 0.2) is 0 Å². The molecule has 0 aliphatic rings. The SMILES string of the molecule is Cc1cccc(-c2ccc(-c3ccnc(-c4ccccc4)c3-n3c4ccc(N(c5ccccc5)c5ccccc5)cc4c4cc(N(c5ccccc5)c5ccccc5)ccc43)cc2)n1. The Labute approximate surface area is 373 Å². The van der Waals surface area contributed by atoms with E-state index in [-0.39, 0.29) is 0 Å². The molecule has 8 aromatic carbocycles. The third-order valence-electron chi connectivity index (χ3n) is 11.9. The molecule has 0 aliphatic carbocycles. The van der Waals surface area contributed by atoms with Crippen molar-refractivity contribution in [3.63, 3.8) is 0 Å². The fourth-order valence-electron chi connectivity index (χ4n) is 8.97. The van der Waals surface area contributed by atoms with Gasteiger partial charge in [0.2, 0.25) is 0 Å². The molecule has 0 amide bonds. The van der Waals surface area contributed by atoms with E-state index in [9.17, 15) is 0 Å². The maximum absolute atomic E-state index is 5.18. The van der Waals surface area contributed by atoms with Crippen molar-refractivity contribution in [2.24, 2.45) is 0 Å². The van der Waals surface area contributed by atoms with Crippen LogP contribution in [0.3, 0.4) is 0 Å². The van der Waals surface area contributed by atoms with E-state index in [1.54, 1.807) is 0 Å². The van der Waals surface area contributed by atoms with Crippen LogP contribution in [0.5, 0.6) is 0 Å². The van der Waals surface area contributed by atoms with Gasteiger partial charge in [-0.1, -0.05) is 133 Å². The molecule has 0 bridgehead atoms. The molecule has 11 aromatic rings. The van der Waals surface area contributed by atoms with Gasteiger partial charge in [-0.3, -0.25) is 9.97 Å². The highest BCUT2D eigenvalue weighted by Gasteiger charge is 2.24. The Morgan fingerprint density at radius 3 is 1.30 bits per heavy atom. The molecule has 0 radical (unpaired) electrons. The molecule has 64 heavy (non-hydrogen) atoms. The number of rotatable bonds is 10. The molecular formula is C59H43N5. The van der Waals surface area contributed by atoms with Gasteiger partial charge >= 0.3 is 0 Å². The fourth-order valence-corrected chi connectivity index (χ4v) is 8.97. The van der Waals surface area contributed by atoms with Crippen LogP contribution in [0.1, 0.15) is 5.69 Å². The number of hydrogen-bond acceptors (Lipinski definition) is 4. The molecule has 0 N–H and O–H groups in total. The van der Waals surface area contributed by atoms with Crippen molar-refractivity contribution >= 4 is 55.9 Å². The molecule has 3 aromatic heterocycles. The lowest BCUT2D eigenvalue weighted by molar-refractivity contribution is 1.14. The second-order valence-electron chi connectivity index (χ2n) is 15.9. The van der Waals surface area contributed by atoms with Crippen LogP contribution >= 0.6 is 0 Å². The molecule has 0 saturated carbocycles. The molecular weight excluding hydrogens is 779 g/mol. The Hall–Kier alpha value is -8.54. The molecule has 11 rings (SSSR count). The Morgan fingerprint density at radius 1 is 0.375 bits per heavy atom. The molecule has 304 valence electrons. The van der Waals surface area contributed by atoms with E-state index in [1.807, 2.05) is 19.2 Å². The van der Waals surface area contributed by atoms with E-state index in [1.165, 1.54) is 0 Å². The molecule has 5 heteroatoms. The van der Waals surface area contributed by atoms with E-state index in [0.717, 1.165) is 101 Å². The molecule has 3 heterocycles. The maximum Gasteiger partial charge on any atom is 0.0948 e. The summed E-state index contributed by atoms with van der Waals surface area (Å²) in [6.07, 6.45) is 1.94. The number of fused-ring (bicyclic) bond motifs is 3. The van der Waals surface area contributed by atoms with Gasteiger partial charge in [0.25, 0.3) is 0 Å². The Balaban J connectivity index is 1.20. The number of anilines is 6. The van der Waals surface area contributed by atoms with Gasteiger partial charge in [-0.15, -0.1) is 0 Å². The van der Waals surface area contributed by atoms with E-state index in [2.05, 4.69) is 245 Å². The summed E-state index contributed by atoms with van der Waals surface area (Å²) >= 11 is 0. The predicted molar refractivity (Wildman–Crippen MR) is 267 cm³/mol. The lowest BCUT2D eigenvalue weighted by atomic mass is 9.98. The van der Waals surface area contributed by atoms with Crippen LogP contribution in [0, 0.1) is 6.92 Å². The average molecular weight is 822 g/mol. The third kappa shape index (κ3) is 7.15. The standard InChI is InChI=1S/C59H43N5/c1-42-18-17-29-55(61-42)44-32-30-43(31-33-44)52-38-39-60-58(45-19-7-2-8-20-45)59(52)64-56-36-34-50(62(46-21-9-3-10-22-46)47-23-11-4-12-24-47)40-53(56)54-41-51(35-37-57(54)64)63(48-25-13-5-14-26-48)49-27-15-6-16-28-49/h2-41H,1H3. The number of aryl methyl sites for hydroxylation is 1. The third-order valence-corrected chi connectivity index (χ3v) is 11.9. The topological polar surface area (TPSA) is 37.2 Å². The fraction of sp³-hybridized carbons (Fsp3) is 0.0169. The second kappa shape index (κ2) is 16.7. The number of para-hydroxylation sites is 4. The summed E-state index contributed by atoms with van der Waals surface area (Å²) in [4.78, 5) is 14.7. The van der Waals surface area contributed by atoms with Crippen molar-refractivity contribution in [1.82, 2.24) is 14.5 Å². The van der Waals surface area contributed by atoms with Crippen molar-refractivity contribution in [3.05, 3.63) is 248 Å². The van der Waals surface area contributed by atoms with E-state index < -0.39 is 0 Å². The Kier molecular flexibility index (Phi) is 10.0. The molecule has 0 atom stereocenters. The second-order valence-corrected chi connectivity index (χ2v) is 15.9. The van der Waals surface area contributed by atoms with Crippen LogP contribution in [0.2, 0.25) is 0 Å². The van der Waals surface area contributed by atoms with Gasteiger partial charge in [-0.05, 0) is 116 Å². The van der Waals surface area contributed by atoms with Crippen LogP contribution in [0.4, 0.5) is 34.1 Å². The molecule has 0 saturated heterocycles. The first-order chi connectivity index (χ1) is 31.7. The zero-order chi connectivity index (χ0) is 42.8. The highest BCUT2D eigenvalue weighted by Crippen LogP contribution is 2.45. The van der Waals surface area contributed by atoms with Gasteiger partial charge in [0, 0.05) is 73.5 Å². The number of benzene rings is 8. The van der Waals surface area contributed by atoms with Crippen molar-refractivity contribution in [2.75, 3.05) is 9.80 Å². The minimum Gasteiger partial charge on any atom is -0.310 e. The van der Waals surface area contributed by atoms with Gasteiger partial charge in [-0.25, -0.2) is 0 Å². The summed E-state index contributed by atoms with van der Waals surface area (Å²) in [5, 5.41) is 2.25. The minimum absolute atomic E-state index is 0.903. The van der Waals surface area contributed by atoms with E-state index in [4.69, 9.17) is 9.97 Å². The van der Waals surface area contributed by atoms with Crippen LogP contribution < -0.4 is 9.80 Å². The minimum atomic E-state index is 0.903. The van der Waals surface area contributed by atoms with Gasteiger partial charge in [-0.2, -0.15) is 0 Å². The summed E-state index contributed by atoms with van der Waals surface area (Å²) in [5.74, 6) is 0. The first-order valence-electron chi connectivity index (χ1n) is 21.7. The van der Waals surface area contributed by atoms with Crippen molar-refractivity contribution in [2.45, 2.75) is 6.92 Å². The first kappa shape index (κ1) is 38.4. The Bertz CT molecular complexity index is 3150. The van der Waals surface area contributed by atoms with Crippen LogP contribution in [0.25, 0.3) is 61.1 Å². The monoisotopic (exact) mass is 821 g/mol. The smallest absolute Gasteiger partial charge is 0.0948 e. The number of hydrogen-bond donors (Lipinski definition) is 0. The van der Waals surface area contributed by atoms with Crippen LogP contribution in [0.15, 0.2) is 243 Å². The van der Waals surface area contributed by atoms with Crippen molar-refractivity contribution in [3.8, 4) is 39.3 Å². The summed E-state index contributed by atoms with van der Waals surface area (Å²) in [7, 11) is 0. The lowest BCUT2D eigenvalue weighted by Crippen LogP contribution is -2.09. The maximum atomic E-state index is 5.18. The van der Waals surface area contributed by atoms with Gasteiger partial charge in [0.1, 0.15) is 0 Å². The summed E-state index contributed by atoms with van der Waals surface area (Å²) < 4.78 is 2.43. The van der Waals surface area contributed by atoms with E-state index in [0.29, 0.717) is 0 Å². The first-order valence-corrected chi connectivity index (χ1v) is 21.7. The van der Waals surface area contributed by atoms with Crippen molar-refractivity contribution in [1.29, 1.82) is 0 Å². The average Bonchev–Trinajstić information content (AvgIpc) is 3.68. The largest absolute Gasteiger partial charge is 0.310 e. The van der Waals surface area contributed by atoms with Crippen molar-refractivity contribution < 1.29 is 0 Å². The molecule has 0 spiro atoms. The van der Waals surface area contributed by atoms with Gasteiger partial charge in [0.05, 0.1) is 28.1 Å². The zero-order valence-corrected chi connectivity index (χ0v) is 35.3. The van der Waals surface area contributed by atoms with Crippen LogP contribution in [-0.2, 0) is 0 Å².